The van der Waals surface area contributed by atoms with E-state index in [0.29, 0.717) is 18.0 Å². The second-order valence-electron chi connectivity index (χ2n) is 4.45. The average molecular weight is 286 g/mol. The maximum absolute atomic E-state index is 11.8. The van der Waals surface area contributed by atoms with E-state index in [1.807, 2.05) is 6.07 Å². The fraction of sp³-hybridized carbons (Fsp3) is 0.188. The van der Waals surface area contributed by atoms with Crippen LogP contribution in [0.25, 0.3) is 0 Å². The van der Waals surface area contributed by atoms with E-state index in [0.717, 1.165) is 11.4 Å². The van der Waals surface area contributed by atoms with Gasteiger partial charge >= 0.3 is 0 Å². The predicted molar refractivity (Wildman–Crippen MR) is 82.6 cm³/mol. The third kappa shape index (κ3) is 4.72. The highest BCUT2D eigenvalue weighted by molar-refractivity contribution is 5.90. The Balaban J connectivity index is 1.76. The summed E-state index contributed by atoms with van der Waals surface area (Å²) in [6.45, 7) is 0.297. The highest BCUT2D eigenvalue weighted by Crippen LogP contribution is 2.16. The molecule has 5 nitrogen and oxygen atoms in total. The normalized spacial score (nSPS) is 9.95. The summed E-state index contributed by atoms with van der Waals surface area (Å²) in [7, 11) is 1.60. The van der Waals surface area contributed by atoms with E-state index in [4.69, 9.17) is 15.2 Å². The van der Waals surface area contributed by atoms with Crippen molar-refractivity contribution in [2.45, 2.75) is 6.42 Å². The van der Waals surface area contributed by atoms with Crippen LogP contribution in [-0.2, 0) is 4.79 Å². The smallest absolute Gasteiger partial charge is 0.227 e. The summed E-state index contributed by atoms with van der Waals surface area (Å²) in [4.78, 5) is 11.8. The standard InChI is InChI=1S/C16H18N2O3/c1-20-14-7-5-13(6-8-14)18-16(19)9-10-21-15-4-2-3-12(17)11-15/h2-8,11H,9-10,17H2,1H3,(H,18,19). The minimum atomic E-state index is -0.107. The quantitative estimate of drug-likeness (QED) is 0.801. The first-order valence-corrected chi connectivity index (χ1v) is 6.59. The van der Waals surface area contributed by atoms with Crippen molar-refractivity contribution >= 4 is 17.3 Å². The minimum absolute atomic E-state index is 0.107. The van der Waals surface area contributed by atoms with Crippen molar-refractivity contribution in [3.8, 4) is 11.5 Å². The number of hydrogen-bond acceptors (Lipinski definition) is 4. The summed E-state index contributed by atoms with van der Waals surface area (Å²) in [6.07, 6.45) is 0.265. The molecular formula is C16H18N2O3. The first-order chi connectivity index (χ1) is 10.2. The van der Waals surface area contributed by atoms with Gasteiger partial charge in [-0.05, 0) is 36.4 Å². The Kier molecular flexibility index (Phi) is 5.04. The Hall–Kier alpha value is -2.69. The molecule has 2 rings (SSSR count). The van der Waals surface area contributed by atoms with E-state index < -0.39 is 0 Å². The monoisotopic (exact) mass is 286 g/mol. The predicted octanol–water partition coefficient (Wildman–Crippen LogP) is 2.69. The molecule has 0 atom stereocenters. The third-order valence-electron chi connectivity index (χ3n) is 2.83. The molecule has 0 heterocycles. The molecule has 0 aliphatic rings. The Bertz CT molecular complexity index is 597. The molecule has 2 aromatic carbocycles. The largest absolute Gasteiger partial charge is 0.497 e. The zero-order chi connectivity index (χ0) is 15.1. The Morgan fingerprint density at radius 2 is 1.90 bits per heavy atom. The fourth-order valence-electron chi connectivity index (χ4n) is 1.76. The molecule has 0 radical (unpaired) electrons. The Morgan fingerprint density at radius 3 is 2.57 bits per heavy atom. The van der Waals surface area contributed by atoms with Gasteiger partial charge < -0.3 is 20.5 Å². The zero-order valence-corrected chi connectivity index (χ0v) is 11.8. The number of nitrogen functional groups attached to an aromatic ring is 1. The number of carbonyl (C=O) groups excluding carboxylic acids is 1. The number of nitrogens with two attached hydrogens (primary N) is 1. The van der Waals surface area contributed by atoms with E-state index in [1.54, 1.807) is 49.6 Å². The van der Waals surface area contributed by atoms with Gasteiger partial charge in [0.2, 0.25) is 5.91 Å². The van der Waals surface area contributed by atoms with Crippen LogP contribution in [0.3, 0.4) is 0 Å². The maximum Gasteiger partial charge on any atom is 0.227 e. The van der Waals surface area contributed by atoms with Gasteiger partial charge in [-0.1, -0.05) is 6.07 Å². The number of amides is 1. The van der Waals surface area contributed by atoms with Crippen LogP contribution in [0.15, 0.2) is 48.5 Å². The maximum atomic E-state index is 11.8. The van der Waals surface area contributed by atoms with Gasteiger partial charge in [0.15, 0.2) is 0 Å². The van der Waals surface area contributed by atoms with Crippen LogP contribution >= 0.6 is 0 Å². The van der Waals surface area contributed by atoms with Crippen LogP contribution in [-0.4, -0.2) is 19.6 Å². The number of hydrogen-bond donors (Lipinski definition) is 2. The molecule has 110 valence electrons. The summed E-state index contributed by atoms with van der Waals surface area (Å²) in [5.41, 5.74) is 7.01. The molecular weight excluding hydrogens is 268 g/mol. The van der Waals surface area contributed by atoms with Crippen LogP contribution in [0.4, 0.5) is 11.4 Å². The zero-order valence-electron chi connectivity index (χ0n) is 11.8. The number of benzene rings is 2. The van der Waals surface area contributed by atoms with Crippen molar-refractivity contribution in [1.82, 2.24) is 0 Å². The van der Waals surface area contributed by atoms with Gasteiger partial charge in [-0.2, -0.15) is 0 Å². The first-order valence-electron chi connectivity index (χ1n) is 6.59. The lowest BCUT2D eigenvalue weighted by Gasteiger charge is -2.08. The second kappa shape index (κ2) is 7.19. The molecule has 3 N–H and O–H groups in total. The topological polar surface area (TPSA) is 73.6 Å². The van der Waals surface area contributed by atoms with Crippen LogP contribution in [0.2, 0.25) is 0 Å². The van der Waals surface area contributed by atoms with Gasteiger partial charge in [-0.25, -0.2) is 0 Å². The minimum Gasteiger partial charge on any atom is -0.497 e. The molecule has 2 aromatic rings. The number of methoxy groups -OCH3 is 1. The van der Waals surface area contributed by atoms with Gasteiger partial charge in [-0.3, -0.25) is 4.79 Å². The molecule has 21 heavy (non-hydrogen) atoms. The SMILES string of the molecule is COc1ccc(NC(=O)CCOc2cccc(N)c2)cc1. The van der Waals surface area contributed by atoms with Crippen molar-refractivity contribution < 1.29 is 14.3 Å². The van der Waals surface area contributed by atoms with Crippen molar-refractivity contribution in [2.24, 2.45) is 0 Å². The van der Waals surface area contributed by atoms with E-state index in [2.05, 4.69) is 5.32 Å². The van der Waals surface area contributed by atoms with Crippen molar-refractivity contribution in [1.29, 1.82) is 0 Å². The Morgan fingerprint density at radius 1 is 1.14 bits per heavy atom. The summed E-state index contributed by atoms with van der Waals surface area (Å²) < 4.78 is 10.5. The molecule has 0 aliphatic carbocycles. The lowest BCUT2D eigenvalue weighted by Crippen LogP contribution is -2.15. The van der Waals surface area contributed by atoms with Crippen LogP contribution in [0.5, 0.6) is 11.5 Å². The lowest BCUT2D eigenvalue weighted by atomic mass is 10.3. The highest BCUT2D eigenvalue weighted by Gasteiger charge is 2.03. The Labute approximate surface area is 123 Å². The average Bonchev–Trinajstić information content (AvgIpc) is 2.48. The molecule has 1 amide bonds. The van der Waals surface area contributed by atoms with Gasteiger partial charge in [0.1, 0.15) is 11.5 Å². The molecule has 0 bridgehead atoms. The molecule has 0 fully saturated rings. The molecule has 0 saturated heterocycles. The van der Waals surface area contributed by atoms with Crippen molar-refractivity contribution in [3.63, 3.8) is 0 Å². The number of rotatable bonds is 6. The summed E-state index contributed by atoms with van der Waals surface area (Å²) >= 11 is 0. The van der Waals surface area contributed by atoms with Gasteiger partial charge in [0, 0.05) is 17.4 Å². The fourth-order valence-corrected chi connectivity index (χ4v) is 1.76. The van der Waals surface area contributed by atoms with Gasteiger partial charge in [0.05, 0.1) is 20.1 Å². The number of nitrogens with one attached hydrogen (secondary N) is 1. The van der Waals surface area contributed by atoms with E-state index in [1.165, 1.54) is 0 Å². The molecule has 0 saturated carbocycles. The molecule has 0 spiro atoms. The van der Waals surface area contributed by atoms with Crippen molar-refractivity contribution in [3.05, 3.63) is 48.5 Å². The molecule has 0 aliphatic heterocycles. The summed E-state index contributed by atoms with van der Waals surface area (Å²) in [6, 6.07) is 14.3. The summed E-state index contributed by atoms with van der Waals surface area (Å²) in [5.74, 6) is 1.30. The summed E-state index contributed by atoms with van der Waals surface area (Å²) in [5, 5.41) is 2.79. The highest BCUT2D eigenvalue weighted by atomic mass is 16.5. The number of carbonyl (C=O) groups is 1. The van der Waals surface area contributed by atoms with Gasteiger partial charge in [0.25, 0.3) is 0 Å². The number of anilines is 2. The van der Waals surface area contributed by atoms with E-state index >= 15 is 0 Å². The van der Waals surface area contributed by atoms with Crippen LogP contribution in [0, 0.1) is 0 Å². The van der Waals surface area contributed by atoms with E-state index in [9.17, 15) is 4.79 Å². The van der Waals surface area contributed by atoms with Gasteiger partial charge in [-0.15, -0.1) is 0 Å². The third-order valence-corrected chi connectivity index (χ3v) is 2.83. The molecule has 0 aromatic heterocycles. The first kappa shape index (κ1) is 14.7. The molecule has 0 unspecified atom stereocenters. The van der Waals surface area contributed by atoms with E-state index in [-0.39, 0.29) is 12.3 Å². The number of ether oxygens (including phenoxy) is 2. The lowest BCUT2D eigenvalue weighted by molar-refractivity contribution is -0.116. The molecule has 5 heteroatoms. The van der Waals surface area contributed by atoms with Crippen molar-refractivity contribution in [2.75, 3.05) is 24.8 Å². The van der Waals surface area contributed by atoms with Crippen LogP contribution in [0.1, 0.15) is 6.42 Å². The second-order valence-corrected chi connectivity index (χ2v) is 4.45. The van der Waals surface area contributed by atoms with Crippen LogP contribution < -0.4 is 20.5 Å².